The van der Waals surface area contributed by atoms with Crippen LogP contribution in [0.3, 0.4) is 0 Å². The molecule has 0 aliphatic heterocycles. The largest absolute Gasteiger partial charge is 0.472 e. The number of phosphoric ester groups is 1. The maximum atomic E-state index is 12.8. The van der Waals surface area contributed by atoms with Gasteiger partial charge in [0, 0.05) is 6.42 Å². The number of likely N-dealkylation sites (N-methyl/N-ethyl adjacent to an activating group) is 1. The first-order chi connectivity index (χ1) is 27.0. The highest BCUT2D eigenvalue weighted by molar-refractivity contribution is 7.47. The number of hydrogen-bond donors (Lipinski definition) is 3. The smallest absolute Gasteiger partial charge is 0.387 e. The molecule has 8 nitrogen and oxygen atoms in total. The van der Waals surface area contributed by atoms with E-state index in [0.717, 1.165) is 32.1 Å². The van der Waals surface area contributed by atoms with Gasteiger partial charge in [0.25, 0.3) is 0 Å². The highest BCUT2D eigenvalue weighted by Crippen LogP contribution is 2.43. The van der Waals surface area contributed by atoms with Crippen molar-refractivity contribution in [2.45, 2.75) is 231 Å². The summed E-state index contributed by atoms with van der Waals surface area (Å²) < 4.78 is 23.5. The van der Waals surface area contributed by atoms with Crippen molar-refractivity contribution in [1.29, 1.82) is 0 Å². The molecule has 0 fully saturated rings. The van der Waals surface area contributed by atoms with Crippen LogP contribution in [-0.2, 0) is 18.4 Å². The molecule has 3 unspecified atom stereocenters. The van der Waals surface area contributed by atoms with Crippen molar-refractivity contribution >= 4 is 13.7 Å². The third-order valence-corrected chi connectivity index (χ3v) is 11.6. The molecule has 0 aliphatic carbocycles. The number of allylic oxidation sites excluding steroid dienone is 3. The molecule has 0 aliphatic rings. The third-order valence-electron chi connectivity index (χ3n) is 10.7. The molecule has 0 aromatic rings. The number of carbonyl (C=O) groups excluding carboxylic acids is 1. The molecule has 9 heteroatoms. The van der Waals surface area contributed by atoms with E-state index in [9.17, 15) is 19.4 Å². The topological polar surface area (TPSA) is 105 Å². The molecule has 1 amide bonds. The lowest BCUT2D eigenvalue weighted by molar-refractivity contribution is -0.870. The van der Waals surface area contributed by atoms with Crippen LogP contribution in [0.1, 0.15) is 219 Å². The molecule has 332 valence electrons. The lowest BCUT2D eigenvalue weighted by Gasteiger charge is -2.25. The van der Waals surface area contributed by atoms with Crippen LogP contribution in [0.2, 0.25) is 0 Å². The van der Waals surface area contributed by atoms with Crippen molar-refractivity contribution in [2.24, 2.45) is 0 Å². The quantitative estimate of drug-likeness (QED) is 0.0245. The van der Waals surface area contributed by atoms with Crippen molar-refractivity contribution in [2.75, 3.05) is 40.9 Å². The molecule has 0 aromatic heterocycles. The summed E-state index contributed by atoms with van der Waals surface area (Å²) in [5.41, 5.74) is 0. The van der Waals surface area contributed by atoms with Gasteiger partial charge in [0.15, 0.2) is 0 Å². The Morgan fingerprint density at radius 2 is 0.964 bits per heavy atom. The lowest BCUT2D eigenvalue weighted by atomic mass is 10.0. The van der Waals surface area contributed by atoms with Gasteiger partial charge in [0.2, 0.25) is 5.91 Å². The predicted octanol–water partition coefficient (Wildman–Crippen LogP) is 13.3. The zero-order valence-corrected chi connectivity index (χ0v) is 38.5. The molecule has 0 heterocycles. The van der Waals surface area contributed by atoms with Crippen LogP contribution >= 0.6 is 7.82 Å². The van der Waals surface area contributed by atoms with E-state index in [1.54, 1.807) is 6.08 Å². The van der Waals surface area contributed by atoms with Crippen LogP contribution < -0.4 is 5.32 Å². The number of carbonyl (C=O) groups is 1. The summed E-state index contributed by atoms with van der Waals surface area (Å²) in [6.45, 7) is 4.76. The highest BCUT2D eigenvalue weighted by atomic mass is 31.2. The Kier molecular flexibility index (Phi) is 38.7. The fraction of sp³-hybridized carbons (Fsp3) is 0.894. The first-order valence-corrected chi connectivity index (χ1v) is 25.2. The average molecular weight is 814 g/mol. The van der Waals surface area contributed by atoms with Crippen LogP contribution in [-0.4, -0.2) is 73.4 Å². The second-order valence-corrected chi connectivity index (χ2v) is 18.9. The zero-order valence-electron chi connectivity index (χ0n) is 37.6. The molecular weight excluding hydrogens is 719 g/mol. The normalized spacial score (nSPS) is 14.5. The standard InChI is InChI=1S/C47H93N2O6P/c1-6-8-10-12-14-16-17-18-19-20-21-22-23-24-25-26-27-28-29-30-31-33-34-36-38-40-46(50)45(44-55-56(52,53)54-43-42-49(3,4)5)48-47(51)41-39-37-35-32-15-13-11-9-7-2/h32,35,38,40,45-46,50H,6-31,33-34,36-37,39,41-44H2,1-5H3,(H-,48,51,52,53)/p+1/b35-32-,40-38+. The van der Waals surface area contributed by atoms with E-state index in [-0.39, 0.29) is 19.1 Å². The van der Waals surface area contributed by atoms with Crippen LogP contribution in [0.4, 0.5) is 0 Å². The molecule has 56 heavy (non-hydrogen) atoms. The molecule has 0 bridgehead atoms. The Bertz CT molecular complexity index is 969. The van der Waals surface area contributed by atoms with Gasteiger partial charge in [-0.3, -0.25) is 13.8 Å². The molecule has 0 radical (unpaired) electrons. The Labute approximate surface area is 347 Å². The number of nitrogens with one attached hydrogen (secondary N) is 1. The monoisotopic (exact) mass is 814 g/mol. The number of rotatable bonds is 43. The summed E-state index contributed by atoms with van der Waals surface area (Å²) in [4.78, 5) is 23.0. The van der Waals surface area contributed by atoms with E-state index in [0.29, 0.717) is 23.9 Å². The van der Waals surface area contributed by atoms with Crippen molar-refractivity contribution < 1.29 is 32.9 Å². The summed E-state index contributed by atoms with van der Waals surface area (Å²) in [6.07, 6.45) is 47.1. The first kappa shape index (κ1) is 55.0. The Morgan fingerprint density at radius 1 is 0.589 bits per heavy atom. The van der Waals surface area contributed by atoms with Crippen molar-refractivity contribution in [3.63, 3.8) is 0 Å². The molecule has 3 atom stereocenters. The zero-order chi connectivity index (χ0) is 41.4. The minimum atomic E-state index is -4.34. The van der Waals surface area contributed by atoms with E-state index in [2.05, 4.69) is 31.3 Å². The van der Waals surface area contributed by atoms with Gasteiger partial charge in [-0.05, 0) is 38.5 Å². The van der Waals surface area contributed by atoms with Crippen LogP contribution in [0.25, 0.3) is 0 Å². The summed E-state index contributed by atoms with van der Waals surface area (Å²) in [7, 11) is 1.56. The maximum absolute atomic E-state index is 12.8. The SMILES string of the molecule is CCCCCC/C=C\CCCC(=O)NC(COP(=O)(O)OCC[N+](C)(C)C)C(O)/C=C/CCCCCCCCCCCCCCCCCCCCCCCCC. The van der Waals surface area contributed by atoms with E-state index in [1.807, 2.05) is 27.2 Å². The lowest BCUT2D eigenvalue weighted by Crippen LogP contribution is -2.45. The number of hydrogen-bond acceptors (Lipinski definition) is 5. The molecule has 0 spiro atoms. The fourth-order valence-electron chi connectivity index (χ4n) is 6.87. The average Bonchev–Trinajstić information content (AvgIpc) is 3.15. The third kappa shape index (κ3) is 41.2. The number of unbranched alkanes of at least 4 members (excludes halogenated alkanes) is 28. The summed E-state index contributed by atoms with van der Waals surface area (Å²) in [5.74, 6) is -0.212. The second-order valence-electron chi connectivity index (χ2n) is 17.5. The van der Waals surface area contributed by atoms with E-state index >= 15 is 0 Å². The van der Waals surface area contributed by atoms with Gasteiger partial charge in [0.1, 0.15) is 13.2 Å². The van der Waals surface area contributed by atoms with Crippen molar-refractivity contribution in [1.82, 2.24) is 5.32 Å². The Balaban J connectivity index is 4.19. The van der Waals surface area contributed by atoms with Gasteiger partial charge in [-0.2, -0.15) is 0 Å². The summed E-state index contributed by atoms with van der Waals surface area (Å²) in [5, 5.41) is 13.8. The molecule has 3 N–H and O–H groups in total. The number of aliphatic hydroxyl groups excluding tert-OH is 1. The van der Waals surface area contributed by atoms with E-state index < -0.39 is 20.0 Å². The molecule has 0 aromatic carbocycles. The Morgan fingerprint density at radius 3 is 1.39 bits per heavy atom. The van der Waals surface area contributed by atoms with Gasteiger partial charge < -0.3 is 19.8 Å². The highest BCUT2D eigenvalue weighted by Gasteiger charge is 2.27. The van der Waals surface area contributed by atoms with Crippen LogP contribution in [0.15, 0.2) is 24.3 Å². The van der Waals surface area contributed by atoms with Gasteiger partial charge >= 0.3 is 7.82 Å². The minimum absolute atomic E-state index is 0.0580. The van der Waals surface area contributed by atoms with Crippen LogP contribution in [0.5, 0.6) is 0 Å². The molecule has 0 saturated heterocycles. The Hall–Kier alpha value is -1.02. The second kappa shape index (κ2) is 39.4. The first-order valence-electron chi connectivity index (χ1n) is 23.7. The number of phosphoric acid groups is 1. The minimum Gasteiger partial charge on any atom is -0.387 e. The fourth-order valence-corrected chi connectivity index (χ4v) is 7.60. The van der Waals surface area contributed by atoms with Crippen LogP contribution in [0, 0.1) is 0 Å². The van der Waals surface area contributed by atoms with Gasteiger partial charge in [-0.1, -0.05) is 199 Å². The maximum Gasteiger partial charge on any atom is 0.472 e. The van der Waals surface area contributed by atoms with E-state index in [1.165, 1.54) is 161 Å². The molecular formula is C47H94N2O6P+. The summed E-state index contributed by atoms with van der Waals surface area (Å²) in [6, 6.07) is -0.857. The van der Waals surface area contributed by atoms with Crippen molar-refractivity contribution in [3.05, 3.63) is 24.3 Å². The predicted molar refractivity (Wildman–Crippen MR) is 240 cm³/mol. The number of aliphatic hydroxyl groups is 1. The number of nitrogens with zero attached hydrogens (tertiary/aromatic N) is 1. The molecule has 0 saturated carbocycles. The van der Waals surface area contributed by atoms with Crippen molar-refractivity contribution in [3.8, 4) is 0 Å². The summed E-state index contributed by atoms with van der Waals surface area (Å²) >= 11 is 0. The van der Waals surface area contributed by atoms with E-state index in [4.69, 9.17) is 9.05 Å². The van der Waals surface area contributed by atoms with Gasteiger partial charge in [-0.15, -0.1) is 0 Å². The number of quaternary nitrogens is 1. The molecule has 0 rings (SSSR count). The van der Waals surface area contributed by atoms with Gasteiger partial charge in [0.05, 0.1) is 39.9 Å². The van der Waals surface area contributed by atoms with Gasteiger partial charge in [-0.25, -0.2) is 4.57 Å². The number of amides is 1.